The summed E-state index contributed by atoms with van der Waals surface area (Å²) in [5.41, 5.74) is -0.832. The summed E-state index contributed by atoms with van der Waals surface area (Å²) in [6, 6.07) is 0. The molecule has 1 spiro atoms. The van der Waals surface area contributed by atoms with Crippen molar-refractivity contribution in [2.45, 2.75) is 96.3 Å². The molecular weight excluding hydrogens is 400 g/mol. The highest BCUT2D eigenvalue weighted by Crippen LogP contribution is 2.77. The zero-order chi connectivity index (χ0) is 21.4. The lowest BCUT2D eigenvalue weighted by Crippen LogP contribution is -2.62. The molecule has 1 saturated heterocycles. The molecule has 0 bridgehead atoms. The van der Waals surface area contributed by atoms with Crippen molar-refractivity contribution in [2.24, 2.45) is 45.8 Å². The van der Waals surface area contributed by atoms with Gasteiger partial charge in [-0.25, -0.2) is 0 Å². The van der Waals surface area contributed by atoms with E-state index >= 15 is 0 Å². The third kappa shape index (κ3) is 2.23. The number of rotatable bonds is 1. The molecule has 6 fully saturated rings. The highest BCUT2D eigenvalue weighted by Gasteiger charge is 2.81. The molecule has 5 saturated carbocycles. The molecule has 0 N–H and O–H groups in total. The first-order valence-electron chi connectivity index (χ1n) is 12.0. The molecule has 5 heteroatoms. The Hall–Kier alpha value is -0.610. The van der Waals surface area contributed by atoms with Gasteiger partial charge in [0.25, 0.3) is 0 Å². The molecule has 4 nitrogen and oxygen atoms in total. The van der Waals surface area contributed by atoms with Crippen molar-refractivity contribution >= 4 is 23.4 Å². The Balaban J connectivity index is 1.29. The number of alkyl halides is 1. The van der Waals surface area contributed by atoms with E-state index in [0.717, 1.165) is 38.5 Å². The van der Waals surface area contributed by atoms with Gasteiger partial charge < -0.3 is 9.47 Å². The first-order chi connectivity index (χ1) is 13.9. The SMILES string of the molecule is CC(C)(C)C(=O)O[C@H]1CC[C@]2(C)[C@H]3CC[C@]4(C)C(=O)[C@H]5C[C@H]5[C@H]4[C@@H]3[C@H](Cl)[C@H]3O[C@]32C1. The van der Waals surface area contributed by atoms with E-state index in [2.05, 4.69) is 13.8 Å². The van der Waals surface area contributed by atoms with Gasteiger partial charge in [-0.3, -0.25) is 9.59 Å². The average Bonchev–Trinajstić information content (AvgIpc) is 3.56. The van der Waals surface area contributed by atoms with Crippen molar-refractivity contribution < 1.29 is 19.1 Å². The Labute approximate surface area is 184 Å². The first-order valence-corrected chi connectivity index (χ1v) is 12.4. The molecule has 6 rings (SSSR count). The van der Waals surface area contributed by atoms with Crippen molar-refractivity contribution in [2.75, 3.05) is 0 Å². The van der Waals surface area contributed by atoms with E-state index in [1.54, 1.807) is 0 Å². The van der Waals surface area contributed by atoms with E-state index in [9.17, 15) is 9.59 Å². The predicted octanol–water partition coefficient (Wildman–Crippen LogP) is 4.76. The fourth-order valence-corrected chi connectivity index (χ4v) is 9.24. The topological polar surface area (TPSA) is 55.9 Å². The van der Waals surface area contributed by atoms with E-state index in [4.69, 9.17) is 21.1 Å². The van der Waals surface area contributed by atoms with Crippen LogP contribution in [0.5, 0.6) is 0 Å². The molecule has 166 valence electrons. The number of carbonyl (C=O) groups is 2. The standard InChI is InChI=1S/C25H35ClO4/c1-22(2,3)21(28)29-12-6-9-24(5)15-7-8-23(4)17(13-10-14(13)19(23)27)16(15)18(26)20-25(24,11-12)30-20/h12-18,20H,6-11H2,1-5H3/t12-,13+,14-,15-,16+,17-,18-,20+,23-,24+,25+/m0/s1. The molecule has 30 heavy (non-hydrogen) atoms. The number of halogens is 1. The van der Waals surface area contributed by atoms with Crippen LogP contribution in [-0.4, -0.2) is 34.9 Å². The summed E-state index contributed by atoms with van der Waals surface area (Å²) >= 11 is 7.20. The van der Waals surface area contributed by atoms with Crippen LogP contribution in [0.3, 0.4) is 0 Å². The molecule has 0 radical (unpaired) electrons. The molecule has 1 aliphatic heterocycles. The fourth-order valence-electron chi connectivity index (χ4n) is 8.65. The molecule has 0 aromatic carbocycles. The average molecular weight is 435 g/mol. The second-order valence-corrected chi connectivity index (χ2v) is 13.3. The van der Waals surface area contributed by atoms with Crippen LogP contribution >= 0.6 is 11.6 Å². The fraction of sp³-hybridized carbons (Fsp3) is 0.920. The van der Waals surface area contributed by atoms with Crippen molar-refractivity contribution in [1.29, 1.82) is 0 Å². The van der Waals surface area contributed by atoms with Gasteiger partial charge in [-0.05, 0) is 76.5 Å². The van der Waals surface area contributed by atoms with E-state index in [0.29, 0.717) is 35.4 Å². The van der Waals surface area contributed by atoms with E-state index in [-0.39, 0.29) is 40.0 Å². The monoisotopic (exact) mass is 434 g/mol. The Bertz CT molecular complexity index is 833. The van der Waals surface area contributed by atoms with Gasteiger partial charge in [0.1, 0.15) is 23.6 Å². The van der Waals surface area contributed by atoms with Gasteiger partial charge in [0.05, 0.1) is 10.8 Å². The first kappa shape index (κ1) is 20.0. The van der Waals surface area contributed by atoms with Crippen LogP contribution in [0.4, 0.5) is 0 Å². The zero-order valence-electron chi connectivity index (χ0n) is 18.9. The van der Waals surface area contributed by atoms with Gasteiger partial charge in [-0.15, -0.1) is 11.6 Å². The molecule has 0 amide bonds. The molecule has 1 heterocycles. The number of fused-ring (bicyclic) bond motifs is 6. The number of epoxide rings is 1. The van der Waals surface area contributed by atoms with Gasteiger partial charge in [-0.1, -0.05) is 13.8 Å². The number of esters is 1. The van der Waals surface area contributed by atoms with Crippen LogP contribution < -0.4 is 0 Å². The third-order valence-electron chi connectivity index (χ3n) is 10.4. The van der Waals surface area contributed by atoms with E-state index in [1.165, 1.54) is 0 Å². The lowest BCUT2D eigenvalue weighted by atomic mass is 9.44. The Morgan fingerprint density at radius 3 is 2.63 bits per heavy atom. The Morgan fingerprint density at radius 2 is 1.93 bits per heavy atom. The molecule has 0 unspecified atom stereocenters. The van der Waals surface area contributed by atoms with Gasteiger partial charge in [0, 0.05) is 23.2 Å². The summed E-state index contributed by atoms with van der Waals surface area (Å²) in [6.45, 7) is 10.4. The Kier molecular flexibility index (Phi) is 3.77. The minimum Gasteiger partial charge on any atom is -0.462 e. The summed E-state index contributed by atoms with van der Waals surface area (Å²) in [5, 5.41) is -0.0306. The predicted molar refractivity (Wildman–Crippen MR) is 113 cm³/mol. The normalized spacial score (nSPS) is 58.0. The van der Waals surface area contributed by atoms with E-state index in [1.807, 2.05) is 20.8 Å². The van der Waals surface area contributed by atoms with Crippen LogP contribution in [0.1, 0.15) is 73.1 Å². The largest absolute Gasteiger partial charge is 0.462 e. The lowest BCUT2D eigenvalue weighted by Gasteiger charge is -2.60. The second-order valence-electron chi connectivity index (χ2n) is 12.8. The number of ketones is 1. The van der Waals surface area contributed by atoms with Crippen molar-refractivity contribution in [1.82, 2.24) is 0 Å². The van der Waals surface area contributed by atoms with Crippen LogP contribution in [-0.2, 0) is 19.1 Å². The Morgan fingerprint density at radius 1 is 1.20 bits per heavy atom. The summed E-state index contributed by atoms with van der Waals surface area (Å²) in [4.78, 5) is 25.5. The third-order valence-corrected chi connectivity index (χ3v) is 10.9. The summed E-state index contributed by atoms with van der Waals surface area (Å²) < 4.78 is 12.5. The highest BCUT2D eigenvalue weighted by atomic mass is 35.5. The van der Waals surface area contributed by atoms with Crippen LogP contribution in [0.2, 0.25) is 0 Å². The molecular formula is C25H35ClO4. The summed E-state index contributed by atoms with van der Waals surface area (Å²) in [6.07, 6.45) is 5.82. The smallest absolute Gasteiger partial charge is 0.311 e. The highest BCUT2D eigenvalue weighted by molar-refractivity contribution is 6.21. The molecule has 0 aromatic heterocycles. The van der Waals surface area contributed by atoms with Crippen LogP contribution in [0.15, 0.2) is 0 Å². The number of carbonyl (C=O) groups excluding carboxylic acids is 2. The van der Waals surface area contributed by atoms with Gasteiger partial charge in [-0.2, -0.15) is 0 Å². The maximum atomic E-state index is 13.0. The van der Waals surface area contributed by atoms with E-state index < -0.39 is 5.41 Å². The maximum Gasteiger partial charge on any atom is 0.311 e. The zero-order valence-corrected chi connectivity index (χ0v) is 19.6. The van der Waals surface area contributed by atoms with Crippen molar-refractivity contribution in [3.63, 3.8) is 0 Å². The second kappa shape index (κ2) is 5.65. The quantitative estimate of drug-likeness (QED) is 0.339. The van der Waals surface area contributed by atoms with Crippen molar-refractivity contribution in [3.8, 4) is 0 Å². The molecule has 5 aliphatic carbocycles. The lowest BCUT2D eigenvalue weighted by molar-refractivity contribution is -0.168. The number of ether oxygens (including phenoxy) is 2. The molecule has 6 aliphatic rings. The minimum absolute atomic E-state index is 0.0306. The summed E-state index contributed by atoms with van der Waals surface area (Å²) in [5.74, 6) is 2.60. The number of hydrogen-bond acceptors (Lipinski definition) is 4. The van der Waals surface area contributed by atoms with Gasteiger partial charge >= 0.3 is 5.97 Å². The van der Waals surface area contributed by atoms with Crippen LogP contribution in [0, 0.1) is 45.8 Å². The summed E-state index contributed by atoms with van der Waals surface area (Å²) in [7, 11) is 0. The number of Topliss-reactive ketones (excluding diaryl/α,β-unsaturated/α-hetero) is 1. The maximum absolute atomic E-state index is 13.0. The van der Waals surface area contributed by atoms with Crippen LogP contribution in [0.25, 0.3) is 0 Å². The van der Waals surface area contributed by atoms with Crippen molar-refractivity contribution in [3.05, 3.63) is 0 Å². The minimum atomic E-state index is -0.488. The number of hydrogen-bond donors (Lipinski definition) is 0. The van der Waals surface area contributed by atoms with Gasteiger partial charge in [0.2, 0.25) is 0 Å². The molecule has 0 aromatic rings. The molecule has 11 atom stereocenters. The van der Waals surface area contributed by atoms with Gasteiger partial charge in [0.15, 0.2) is 0 Å².